The van der Waals surface area contributed by atoms with Crippen LogP contribution in [0, 0.1) is 5.92 Å². The molecule has 5 heteroatoms. The van der Waals surface area contributed by atoms with Gasteiger partial charge < -0.3 is 9.64 Å². The van der Waals surface area contributed by atoms with Crippen molar-refractivity contribution in [1.29, 1.82) is 0 Å². The molecule has 1 heterocycles. The van der Waals surface area contributed by atoms with Crippen LogP contribution in [-0.2, 0) is 4.74 Å². The van der Waals surface area contributed by atoms with Gasteiger partial charge in [-0.05, 0) is 56.3 Å². The van der Waals surface area contributed by atoms with Crippen molar-refractivity contribution in [2.45, 2.75) is 38.8 Å². The molecule has 0 saturated carbocycles. The number of likely N-dealkylation sites (tertiary alicyclic amines) is 1. The van der Waals surface area contributed by atoms with Crippen LogP contribution in [0.1, 0.15) is 37.0 Å². The number of rotatable bonds is 3. The molecule has 1 fully saturated rings. The lowest BCUT2D eigenvalue weighted by Gasteiger charge is -2.41. The Kier molecular flexibility index (Phi) is 5.23. The highest BCUT2D eigenvalue weighted by molar-refractivity contribution is 6.62. The number of hydrogen-bond donors (Lipinski definition) is 0. The lowest BCUT2D eigenvalue weighted by molar-refractivity contribution is 0.0292. The van der Waals surface area contributed by atoms with Gasteiger partial charge in [-0.1, -0.05) is 18.2 Å². The molecule has 1 saturated heterocycles. The maximum absolute atomic E-state index is 11.9. The quantitative estimate of drug-likeness (QED) is 0.486. The second kappa shape index (κ2) is 6.94. The van der Waals surface area contributed by atoms with Crippen LogP contribution in [0.4, 0.5) is 4.79 Å². The Morgan fingerprint density at radius 2 is 1.76 bits per heavy atom. The number of nitrogens with zero attached hydrogens (tertiary/aromatic N) is 1. The molecule has 0 N–H and O–H groups in total. The standard InChI is InChI=1S/C16H20ClNO3/c1-11-8-13(9-12(2)18(11)16(17)20)10-21-15(19)14-6-4-3-5-7-14/h3-7,11-13H,8-10H2,1-2H3/t11-,12-/m0/s1. The van der Waals surface area contributed by atoms with E-state index >= 15 is 0 Å². The fraction of sp³-hybridized carbons (Fsp3) is 0.500. The number of amides is 1. The summed E-state index contributed by atoms with van der Waals surface area (Å²) >= 11 is 5.60. The number of benzene rings is 1. The van der Waals surface area contributed by atoms with Gasteiger partial charge in [0.15, 0.2) is 0 Å². The van der Waals surface area contributed by atoms with Crippen LogP contribution >= 0.6 is 11.6 Å². The first-order valence-corrected chi connectivity index (χ1v) is 7.56. The largest absolute Gasteiger partial charge is 0.462 e. The number of esters is 1. The van der Waals surface area contributed by atoms with Crippen LogP contribution in [0.5, 0.6) is 0 Å². The van der Waals surface area contributed by atoms with E-state index in [0.717, 1.165) is 12.8 Å². The van der Waals surface area contributed by atoms with E-state index in [2.05, 4.69) is 0 Å². The predicted octanol–water partition coefficient (Wildman–Crippen LogP) is 3.69. The summed E-state index contributed by atoms with van der Waals surface area (Å²) in [7, 11) is 0. The number of carbonyl (C=O) groups is 2. The van der Waals surface area contributed by atoms with Crippen LogP contribution in [0.2, 0.25) is 0 Å². The Hall–Kier alpha value is -1.55. The minimum Gasteiger partial charge on any atom is -0.462 e. The molecule has 2 atom stereocenters. The molecule has 1 aliphatic heterocycles. The summed E-state index contributed by atoms with van der Waals surface area (Å²) in [5.41, 5.74) is 0.562. The molecule has 1 aromatic carbocycles. The topological polar surface area (TPSA) is 46.6 Å². The first-order chi connectivity index (χ1) is 9.99. The average molecular weight is 310 g/mol. The predicted molar refractivity (Wildman–Crippen MR) is 81.5 cm³/mol. The van der Waals surface area contributed by atoms with Gasteiger partial charge in [-0.15, -0.1) is 0 Å². The Morgan fingerprint density at radius 1 is 1.19 bits per heavy atom. The van der Waals surface area contributed by atoms with Gasteiger partial charge in [-0.3, -0.25) is 4.79 Å². The van der Waals surface area contributed by atoms with Crippen molar-refractivity contribution in [2.24, 2.45) is 5.92 Å². The van der Waals surface area contributed by atoms with E-state index in [0.29, 0.717) is 12.2 Å². The molecule has 114 valence electrons. The third kappa shape index (κ3) is 3.97. The van der Waals surface area contributed by atoms with Crippen molar-refractivity contribution in [3.05, 3.63) is 35.9 Å². The number of halogens is 1. The SMILES string of the molecule is C[C@H]1CC(COC(=O)c2ccccc2)C[C@H](C)N1C(=O)Cl. The monoisotopic (exact) mass is 309 g/mol. The van der Waals surface area contributed by atoms with Crippen molar-refractivity contribution >= 4 is 22.9 Å². The van der Waals surface area contributed by atoms with Crippen LogP contribution in [0.3, 0.4) is 0 Å². The molecule has 2 rings (SSSR count). The normalized spacial score (nSPS) is 25.5. The molecule has 1 aliphatic rings. The van der Waals surface area contributed by atoms with E-state index in [1.807, 2.05) is 32.0 Å². The molecule has 0 bridgehead atoms. The van der Waals surface area contributed by atoms with Gasteiger partial charge in [0.25, 0.3) is 0 Å². The highest BCUT2D eigenvalue weighted by atomic mass is 35.5. The van der Waals surface area contributed by atoms with Crippen LogP contribution in [0.25, 0.3) is 0 Å². The van der Waals surface area contributed by atoms with Gasteiger partial charge in [0.1, 0.15) is 0 Å². The maximum atomic E-state index is 11.9. The molecule has 0 spiro atoms. The van der Waals surface area contributed by atoms with E-state index < -0.39 is 5.37 Å². The van der Waals surface area contributed by atoms with Crippen molar-refractivity contribution in [1.82, 2.24) is 4.90 Å². The zero-order chi connectivity index (χ0) is 15.4. The van der Waals surface area contributed by atoms with E-state index in [1.165, 1.54) is 0 Å². The molecule has 0 radical (unpaired) electrons. The molecule has 21 heavy (non-hydrogen) atoms. The molecule has 0 unspecified atom stereocenters. The summed E-state index contributed by atoms with van der Waals surface area (Å²) in [4.78, 5) is 25.0. The first kappa shape index (κ1) is 15.8. The summed E-state index contributed by atoms with van der Waals surface area (Å²) in [6.07, 6.45) is 1.59. The Morgan fingerprint density at radius 3 is 2.29 bits per heavy atom. The lowest BCUT2D eigenvalue weighted by atomic mass is 9.88. The zero-order valence-corrected chi connectivity index (χ0v) is 13.0. The van der Waals surface area contributed by atoms with Gasteiger partial charge in [0.05, 0.1) is 12.2 Å². The van der Waals surface area contributed by atoms with Crippen molar-refractivity contribution < 1.29 is 14.3 Å². The summed E-state index contributed by atoms with van der Waals surface area (Å²) in [6.45, 7) is 4.33. The lowest BCUT2D eigenvalue weighted by Crippen LogP contribution is -2.48. The van der Waals surface area contributed by atoms with Crippen molar-refractivity contribution in [3.63, 3.8) is 0 Å². The summed E-state index contributed by atoms with van der Waals surface area (Å²) in [5.74, 6) is -0.0401. The molecule has 4 nitrogen and oxygen atoms in total. The summed E-state index contributed by atoms with van der Waals surface area (Å²) < 4.78 is 5.38. The molecule has 0 aliphatic carbocycles. The Bertz CT molecular complexity index is 494. The summed E-state index contributed by atoms with van der Waals surface area (Å²) in [5, 5.41) is -0.408. The van der Waals surface area contributed by atoms with E-state index in [-0.39, 0.29) is 24.0 Å². The van der Waals surface area contributed by atoms with E-state index in [1.54, 1.807) is 17.0 Å². The molecular weight excluding hydrogens is 290 g/mol. The highest BCUT2D eigenvalue weighted by Gasteiger charge is 2.33. The van der Waals surface area contributed by atoms with Gasteiger partial charge in [-0.2, -0.15) is 0 Å². The smallest absolute Gasteiger partial charge is 0.338 e. The number of ether oxygens (including phenoxy) is 1. The second-order valence-electron chi connectivity index (χ2n) is 5.66. The average Bonchev–Trinajstić information content (AvgIpc) is 2.44. The van der Waals surface area contributed by atoms with Crippen LogP contribution in [0.15, 0.2) is 30.3 Å². The Labute approximate surface area is 130 Å². The van der Waals surface area contributed by atoms with Crippen molar-refractivity contribution in [3.8, 4) is 0 Å². The van der Waals surface area contributed by atoms with Crippen LogP contribution in [-0.4, -0.2) is 34.9 Å². The van der Waals surface area contributed by atoms with E-state index in [9.17, 15) is 9.59 Å². The second-order valence-corrected chi connectivity index (χ2v) is 5.98. The third-order valence-corrected chi connectivity index (χ3v) is 4.16. The van der Waals surface area contributed by atoms with Gasteiger partial charge in [0.2, 0.25) is 0 Å². The summed E-state index contributed by atoms with van der Waals surface area (Å²) in [6, 6.07) is 9.10. The van der Waals surface area contributed by atoms with Crippen LogP contribution < -0.4 is 0 Å². The van der Waals surface area contributed by atoms with Gasteiger partial charge >= 0.3 is 11.3 Å². The molecule has 0 aromatic heterocycles. The fourth-order valence-electron chi connectivity index (χ4n) is 3.06. The number of hydrogen-bond acceptors (Lipinski definition) is 3. The van der Waals surface area contributed by atoms with Crippen molar-refractivity contribution in [2.75, 3.05) is 6.61 Å². The highest BCUT2D eigenvalue weighted by Crippen LogP contribution is 2.29. The molecule has 1 aromatic rings. The van der Waals surface area contributed by atoms with Gasteiger partial charge in [0, 0.05) is 12.1 Å². The minimum absolute atomic E-state index is 0.0687. The fourth-order valence-corrected chi connectivity index (χ4v) is 3.39. The third-order valence-electron chi connectivity index (χ3n) is 3.96. The first-order valence-electron chi connectivity index (χ1n) is 7.19. The zero-order valence-electron chi connectivity index (χ0n) is 12.3. The minimum atomic E-state index is -0.408. The Balaban J connectivity index is 1.88. The van der Waals surface area contributed by atoms with Gasteiger partial charge in [-0.25, -0.2) is 4.79 Å². The number of carbonyl (C=O) groups excluding carboxylic acids is 2. The molecule has 1 amide bonds. The maximum Gasteiger partial charge on any atom is 0.338 e. The van der Waals surface area contributed by atoms with E-state index in [4.69, 9.17) is 16.3 Å². The molecular formula is C16H20ClNO3. The number of piperidine rings is 1.